The van der Waals surface area contributed by atoms with Gasteiger partial charge < -0.3 is 19.1 Å². The quantitative estimate of drug-likeness (QED) is 0.796. The molecule has 2 aliphatic heterocycles. The summed E-state index contributed by atoms with van der Waals surface area (Å²) in [6.07, 6.45) is 1.00. The first-order chi connectivity index (χ1) is 10.7. The van der Waals surface area contributed by atoms with Gasteiger partial charge in [0.1, 0.15) is 12.4 Å². The Labute approximate surface area is 128 Å². The first-order valence-electron chi connectivity index (χ1n) is 7.48. The van der Waals surface area contributed by atoms with Gasteiger partial charge in [-0.3, -0.25) is 4.79 Å². The normalized spacial score (nSPS) is 19.6. The molecule has 0 aliphatic carbocycles. The molecule has 2 aliphatic rings. The van der Waals surface area contributed by atoms with Crippen LogP contribution in [0, 0.1) is 0 Å². The van der Waals surface area contributed by atoms with Gasteiger partial charge in [-0.2, -0.15) is 0 Å². The van der Waals surface area contributed by atoms with E-state index in [-0.39, 0.29) is 5.91 Å². The third kappa shape index (κ3) is 3.32. The van der Waals surface area contributed by atoms with Crippen molar-refractivity contribution in [2.75, 3.05) is 26.3 Å². The Kier molecular flexibility index (Phi) is 4.18. The Bertz CT molecular complexity index is 537. The SMILES string of the molecule is O=C1OCC2(CCN(C(=O)CCOc3ccccc3)CC2)O1. The summed E-state index contributed by atoms with van der Waals surface area (Å²) in [7, 11) is 0. The summed E-state index contributed by atoms with van der Waals surface area (Å²) in [5.74, 6) is 0.832. The summed E-state index contributed by atoms with van der Waals surface area (Å²) >= 11 is 0. The summed E-state index contributed by atoms with van der Waals surface area (Å²) in [6.45, 7) is 1.83. The van der Waals surface area contributed by atoms with Gasteiger partial charge in [0.05, 0.1) is 13.0 Å². The molecular formula is C16H19NO5. The fraction of sp³-hybridized carbons (Fsp3) is 0.500. The zero-order chi connectivity index (χ0) is 15.4. The molecule has 6 nitrogen and oxygen atoms in total. The van der Waals surface area contributed by atoms with E-state index in [0.29, 0.717) is 45.6 Å². The number of piperidine rings is 1. The van der Waals surface area contributed by atoms with Gasteiger partial charge in [-0.25, -0.2) is 4.79 Å². The first kappa shape index (κ1) is 14.7. The lowest BCUT2D eigenvalue weighted by Gasteiger charge is -2.36. The standard InChI is InChI=1S/C16H19NO5/c18-14(6-11-20-13-4-2-1-3-5-13)17-9-7-16(8-10-17)12-21-15(19)22-16/h1-5H,6-12H2. The molecule has 2 saturated heterocycles. The van der Waals surface area contributed by atoms with Crippen molar-refractivity contribution in [1.82, 2.24) is 4.90 Å². The lowest BCUT2D eigenvalue weighted by molar-refractivity contribution is -0.135. The highest BCUT2D eigenvalue weighted by Crippen LogP contribution is 2.31. The van der Waals surface area contributed by atoms with Gasteiger partial charge in [0.25, 0.3) is 0 Å². The van der Waals surface area contributed by atoms with Crippen LogP contribution < -0.4 is 4.74 Å². The molecule has 0 N–H and O–H groups in total. The topological polar surface area (TPSA) is 65.1 Å². The number of ether oxygens (including phenoxy) is 3. The van der Waals surface area contributed by atoms with Crippen LogP contribution in [0.25, 0.3) is 0 Å². The van der Waals surface area contributed by atoms with E-state index in [9.17, 15) is 9.59 Å². The van der Waals surface area contributed by atoms with Gasteiger partial charge in [-0.15, -0.1) is 0 Å². The first-order valence-corrected chi connectivity index (χ1v) is 7.48. The summed E-state index contributed by atoms with van der Waals surface area (Å²) in [5, 5.41) is 0. The zero-order valence-electron chi connectivity index (χ0n) is 12.3. The molecular weight excluding hydrogens is 286 g/mol. The van der Waals surface area contributed by atoms with E-state index in [1.807, 2.05) is 30.3 Å². The van der Waals surface area contributed by atoms with Crippen molar-refractivity contribution in [2.24, 2.45) is 0 Å². The molecule has 2 heterocycles. The minimum Gasteiger partial charge on any atom is -0.493 e. The molecule has 6 heteroatoms. The number of benzene rings is 1. The zero-order valence-corrected chi connectivity index (χ0v) is 12.3. The van der Waals surface area contributed by atoms with Crippen LogP contribution in [0.5, 0.6) is 5.75 Å². The third-order valence-electron chi connectivity index (χ3n) is 4.11. The van der Waals surface area contributed by atoms with Crippen molar-refractivity contribution in [1.29, 1.82) is 0 Å². The van der Waals surface area contributed by atoms with Crippen LogP contribution in [0.15, 0.2) is 30.3 Å². The molecule has 0 saturated carbocycles. The maximum absolute atomic E-state index is 12.2. The maximum atomic E-state index is 12.2. The van der Waals surface area contributed by atoms with Gasteiger partial charge in [0.2, 0.25) is 5.91 Å². The number of amides is 1. The van der Waals surface area contributed by atoms with Crippen LogP contribution in [-0.2, 0) is 14.3 Å². The number of carbonyl (C=O) groups excluding carboxylic acids is 2. The van der Waals surface area contributed by atoms with E-state index < -0.39 is 11.8 Å². The Morgan fingerprint density at radius 3 is 2.59 bits per heavy atom. The second kappa shape index (κ2) is 6.25. The van der Waals surface area contributed by atoms with Crippen molar-refractivity contribution in [2.45, 2.75) is 24.9 Å². The predicted molar refractivity (Wildman–Crippen MR) is 77.5 cm³/mol. The Morgan fingerprint density at radius 2 is 1.95 bits per heavy atom. The molecule has 0 radical (unpaired) electrons. The molecule has 2 fully saturated rings. The van der Waals surface area contributed by atoms with Crippen molar-refractivity contribution in [3.05, 3.63) is 30.3 Å². The largest absolute Gasteiger partial charge is 0.509 e. The van der Waals surface area contributed by atoms with Gasteiger partial charge in [0.15, 0.2) is 5.60 Å². The average Bonchev–Trinajstić information content (AvgIpc) is 2.89. The molecule has 1 spiro atoms. The molecule has 0 atom stereocenters. The van der Waals surface area contributed by atoms with Crippen LogP contribution in [0.3, 0.4) is 0 Å². The van der Waals surface area contributed by atoms with E-state index in [1.54, 1.807) is 4.90 Å². The number of hydrogen-bond acceptors (Lipinski definition) is 5. The smallest absolute Gasteiger partial charge is 0.493 e. The summed E-state index contributed by atoms with van der Waals surface area (Å²) in [5.41, 5.74) is -0.519. The van der Waals surface area contributed by atoms with Crippen molar-refractivity contribution < 1.29 is 23.8 Å². The van der Waals surface area contributed by atoms with Crippen LogP contribution >= 0.6 is 0 Å². The Hall–Kier alpha value is -2.24. The van der Waals surface area contributed by atoms with E-state index in [2.05, 4.69) is 0 Å². The minimum atomic E-state index is -0.601. The molecule has 1 aromatic carbocycles. The number of cyclic esters (lactones) is 1. The summed E-state index contributed by atoms with van der Waals surface area (Å²) in [4.78, 5) is 25.0. The molecule has 0 bridgehead atoms. The Morgan fingerprint density at radius 1 is 1.23 bits per heavy atom. The van der Waals surface area contributed by atoms with Gasteiger partial charge in [0, 0.05) is 25.9 Å². The second-order valence-corrected chi connectivity index (χ2v) is 5.62. The number of nitrogens with zero attached hydrogens (tertiary/aromatic N) is 1. The van der Waals surface area contributed by atoms with Crippen LogP contribution in [0.1, 0.15) is 19.3 Å². The number of carbonyl (C=O) groups is 2. The van der Waals surface area contributed by atoms with E-state index in [4.69, 9.17) is 14.2 Å². The van der Waals surface area contributed by atoms with Crippen LogP contribution in [0.2, 0.25) is 0 Å². The molecule has 1 amide bonds. The van der Waals surface area contributed by atoms with Gasteiger partial charge >= 0.3 is 6.16 Å². The van der Waals surface area contributed by atoms with Crippen LogP contribution in [0.4, 0.5) is 4.79 Å². The van der Waals surface area contributed by atoms with Crippen molar-refractivity contribution in [3.8, 4) is 5.75 Å². The monoisotopic (exact) mass is 305 g/mol. The molecule has 1 aromatic rings. The Balaban J connectivity index is 1.41. The van der Waals surface area contributed by atoms with Crippen molar-refractivity contribution in [3.63, 3.8) is 0 Å². The van der Waals surface area contributed by atoms with Crippen LogP contribution in [-0.4, -0.2) is 48.9 Å². The minimum absolute atomic E-state index is 0.0658. The lowest BCUT2D eigenvalue weighted by atomic mass is 9.92. The van der Waals surface area contributed by atoms with Gasteiger partial charge in [-0.1, -0.05) is 18.2 Å². The number of para-hydroxylation sites is 1. The lowest BCUT2D eigenvalue weighted by Crippen LogP contribution is -2.48. The van der Waals surface area contributed by atoms with Crippen molar-refractivity contribution >= 4 is 12.1 Å². The van der Waals surface area contributed by atoms with E-state index in [1.165, 1.54) is 0 Å². The molecule has 22 heavy (non-hydrogen) atoms. The average molecular weight is 305 g/mol. The number of rotatable bonds is 4. The second-order valence-electron chi connectivity index (χ2n) is 5.62. The number of hydrogen-bond donors (Lipinski definition) is 0. The van der Waals surface area contributed by atoms with E-state index in [0.717, 1.165) is 5.75 Å². The highest BCUT2D eigenvalue weighted by molar-refractivity contribution is 5.76. The number of likely N-dealkylation sites (tertiary alicyclic amines) is 1. The fourth-order valence-corrected chi connectivity index (χ4v) is 2.77. The highest BCUT2D eigenvalue weighted by Gasteiger charge is 2.45. The molecule has 0 unspecified atom stereocenters. The third-order valence-corrected chi connectivity index (χ3v) is 4.11. The highest BCUT2D eigenvalue weighted by atomic mass is 16.8. The summed E-state index contributed by atoms with van der Waals surface area (Å²) < 4.78 is 15.6. The maximum Gasteiger partial charge on any atom is 0.509 e. The van der Waals surface area contributed by atoms with Gasteiger partial charge in [-0.05, 0) is 12.1 Å². The van der Waals surface area contributed by atoms with E-state index >= 15 is 0 Å². The predicted octanol–water partition coefficient (Wildman–Crippen LogP) is 1.98. The molecule has 0 aromatic heterocycles. The summed E-state index contributed by atoms with van der Waals surface area (Å²) in [6, 6.07) is 9.44. The molecule has 118 valence electrons. The fourth-order valence-electron chi connectivity index (χ4n) is 2.77. The molecule has 3 rings (SSSR count).